The van der Waals surface area contributed by atoms with Crippen molar-refractivity contribution in [2.45, 2.75) is 20.0 Å². The van der Waals surface area contributed by atoms with Crippen LogP contribution in [0.15, 0.2) is 42.0 Å². The molecular formula is C23H24Cl2N2O4. The van der Waals surface area contributed by atoms with E-state index in [9.17, 15) is 10.1 Å². The maximum atomic E-state index is 12.2. The smallest absolute Gasteiger partial charge is 0.261 e. The van der Waals surface area contributed by atoms with Crippen LogP contribution in [0.3, 0.4) is 0 Å². The summed E-state index contributed by atoms with van der Waals surface area (Å²) < 4.78 is 16.4. The van der Waals surface area contributed by atoms with Crippen molar-refractivity contribution in [3.8, 4) is 17.6 Å². The molecule has 0 fully saturated rings. The molecule has 0 aliphatic heterocycles. The summed E-state index contributed by atoms with van der Waals surface area (Å²) in [5.41, 5.74) is 1.42. The van der Waals surface area contributed by atoms with Gasteiger partial charge in [0.25, 0.3) is 5.91 Å². The zero-order valence-electron chi connectivity index (χ0n) is 17.4. The van der Waals surface area contributed by atoms with E-state index in [1.54, 1.807) is 36.4 Å². The van der Waals surface area contributed by atoms with Crippen LogP contribution in [0.25, 0.3) is 6.08 Å². The zero-order valence-corrected chi connectivity index (χ0v) is 18.9. The minimum atomic E-state index is -0.435. The fraction of sp³-hybridized carbons (Fsp3) is 0.304. The maximum Gasteiger partial charge on any atom is 0.261 e. The van der Waals surface area contributed by atoms with Crippen LogP contribution in [-0.2, 0) is 16.1 Å². The van der Waals surface area contributed by atoms with Gasteiger partial charge >= 0.3 is 0 Å². The first kappa shape index (κ1) is 24.5. The van der Waals surface area contributed by atoms with Crippen LogP contribution in [0.5, 0.6) is 11.5 Å². The summed E-state index contributed by atoms with van der Waals surface area (Å²) in [5, 5.41) is 13.1. The van der Waals surface area contributed by atoms with Crippen LogP contribution in [0.2, 0.25) is 10.0 Å². The molecule has 6 nitrogen and oxygen atoms in total. The van der Waals surface area contributed by atoms with E-state index in [2.05, 4.69) is 5.32 Å². The number of hydrogen-bond acceptors (Lipinski definition) is 5. The van der Waals surface area contributed by atoms with E-state index in [0.29, 0.717) is 53.3 Å². The van der Waals surface area contributed by atoms with Crippen molar-refractivity contribution in [2.24, 2.45) is 0 Å². The number of halogens is 2. The van der Waals surface area contributed by atoms with E-state index in [1.165, 1.54) is 13.2 Å². The summed E-state index contributed by atoms with van der Waals surface area (Å²) in [6, 6.07) is 12.3. The topological polar surface area (TPSA) is 80.6 Å². The Morgan fingerprint density at radius 3 is 2.68 bits per heavy atom. The molecule has 2 aromatic rings. The average molecular weight is 463 g/mol. The van der Waals surface area contributed by atoms with Gasteiger partial charge in [-0.15, -0.1) is 0 Å². The van der Waals surface area contributed by atoms with Gasteiger partial charge < -0.3 is 19.5 Å². The molecule has 0 atom stereocenters. The van der Waals surface area contributed by atoms with E-state index in [4.69, 9.17) is 37.4 Å². The van der Waals surface area contributed by atoms with E-state index >= 15 is 0 Å². The third-order valence-electron chi connectivity index (χ3n) is 4.22. The van der Waals surface area contributed by atoms with Gasteiger partial charge in [-0.1, -0.05) is 35.3 Å². The normalized spacial score (nSPS) is 11.0. The fourth-order valence-corrected chi connectivity index (χ4v) is 3.08. The Kier molecular flexibility index (Phi) is 10.2. The van der Waals surface area contributed by atoms with Crippen molar-refractivity contribution in [1.82, 2.24) is 5.32 Å². The van der Waals surface area contributed by atoms with E-state index in [-0.39, 0.29) is 12.2 Å². The number of carbonyl (C=O) groups excluding carboxylic acids is 1. The summed E-state index contributed by atoms with van der Waals surface area (Å²) in [6.45, 7) is 3.76. The third-order valence-corrected chi connectivity index (χ3v) is 4.80. The number of methoxy groups -OCH3 is 1. The average Bonchev–Trinajstić information content (AvgIpc) is 2.77. The standard InChI is InChI=1S/C23H24Cl2N2O4/c1-3-30-10-4-9-27-23(28)18(14-26)11-16-5-8-21(22(12-16)29-2)31-15-17-6-7-19(24)13-20(17)25/h5-8,11-13H,3-4,9-10,15H2,1-2H3,(H,27,28)/b18-11+. The highest BCUT2D eigenvalue weighted by molar-refractivity contribution is 6.35. The van der Waals surface area contributed by atoms with E-state index in [1.807, 2.05) is 13.0 Å². The molecule has 0 spiro atoms. The van der Waals surface area contributed by atoms with Crippen LogP contribution >= 0.6 is 23.2 Å². The predicted octanol–water partition coefficient (Wildman–Crippen LogP) is 5.03. The molecule has 0 bridgehead atoms. The van der Waals surface area contributed by atoms with Gasteiger partial charge in [0.05, 0.1) is 7.11 Å². The van der Waals surface area contributed by atoms with Gasteiger partial charge in [0, 0.05) is 35.4 Å². The molecule has 0 aliphatic carbocycles. The number of amides is 1. The minimum Gasteiger partial charge on any atom is -0.493 e. The number of carbonyl (C=O) groups is 1. The van der Waals surface area contributed by atoms with Crippen LogP contribution < -0.4 is 14.8 Å². The largest absolute Gasteiger partial charge is 0.493 e. The number of nitrogens with one attached hydrogen (secondary N) is 1. The second-order valence-corrected chi connectivity index (χ2v) is 7.25. The maximum absolute atomic E-state index is 12.2. The Balaban J connectivity index is 2.06. The lowest BCUT2D eigenvalue weighted by atomic mass is 10.1. The SMILES string of the molecule is CCOCCCNC(=O)/C(C#N)=C/c1ccc(OCc2ccc(Cl)cc2Cl)c(OC)c1. The quantitative estimate of drug-likeness (QED) is 0.287. The van der Waals surface area contributed by atoms with Crippen molar-refractivity contribution in [2.75, 3.05) is 26.9 Å². The first-order valence-electron chi connectivity index (χ1n) is 9.71. The molecule has 1 N–H and O–H groups in total. The summed E-state index contributed by atoms with van der Waals surface area (Å²) >= 11 is 12.1. The second-order valence-electron chi connectivity index (χ2n) is 6.41. The molecule has 0 aromatic heterocycles. The van der Waals surface area contributed by atoms with Gasteiger partial charge in [-0.3, -0.25) is 4.79 Å². The number of ether oxygens (including phenoxy) is 3. The van der Waals surface area contributed by atoms with Crippen molar-refractivity contribution in [1.29, 1.82) is 5.26 Å². The van der Waals surface area contributed by atoms with Crippen molar-refractivity contribution < 1.29 is 19.0 Å². The van der Waals surface area contributed by atoms with Crippen LogP contribution in [0.4, 0.5) is 0 Å². The Hall–Kier alpha value is -2.72. The van der Waals surface area contributed by atoms with Gasteiger partial charge in [-0.2, -0.15) is 5.26 Å². The molecular weight excluding hydrogens is 439 g/mol. The van der Waals surface area contributed by atoms with Crippen molar-refractivity contribution in [3.05, 3.63) is 63.1 Å². The van der Waals surface area contributed by atoms with Crippen LogP contribution in [0.1, 0.15) is 24.5 Å². The Morgan fingerprint density at radius 2 is 2.00 bits per heavy atom. The lowest BCUT2D eigenvalue weighted by Crippen LogP contribution is -2.26. The molecule has 164 valence electrons. The van der Waals surface area contributed by atoms with Crippen molar-refractivity contribution in [3.63, 3.8) is 0 Å². The van der Waals surface area contributed by atoms with Gasteiger partial charge in [0.2, 0.25) is 0 Å². The summed E-state index contributed by atoms with van der Waals surface area (Å²) in [4.78, 5) is 12.2. The molecule has 8 heteroatoms. The highest BCUT2D eigenvalue weighted by Crippen LogP contribution is 2.31. The summed E-state index contributed by atoms with van der Waals surface area (Å²) in [6.07, 6.45) is 2.18. The molecule has 0 saturated carbocycles. The van der Waals surface area contributed by atoms with Gasteiger partial charge in [0.15, 0.2) is 11.5 Å². The molecule has 31 heavy (non-hydrogen) atoms. The zero-order chi connectivity index (χ0) is 22.6. The van der Waals surface area contributed by atoms with Gasteiger partial charge in [-0.05, 0) is 49.2 Å². The molecule has 0 aliphatic rings. The van der Waals surface area contributed by atoms with Gasteiger partial charge in [0.1, 0.15) is 18.2 Å². The Bertz CT molecular complexity index is 971. The molecule has 2 rings (SSSR count). The second kappa shape index (κ2) is 12.9. The molecule has 0 radical (unpaired) electrons. The summed E-state index contributed by atoms with van der Waals surface area (Å²) in [5.74, 6) is 0.536. The first-order valence-corrected chi connectivity index (χ1v) is 10.5. The number of benzene rings is 2. The molecule has 0 unspecified atom stereocenters. The van der Waals surface area contributed by atoms with Gasteiger partial charge in [-0.25, -0.2) is 0 Å². The Morgan fingerprint density at radius 1 is 1.19 bits per heavy atom. The molecule has 1 amide bonds. The fourth-order valence-electron chi connectivity index (χ4n) is 2.62. The molecule has 0 heterocycles. The van der Waals surface area contributed by atoms with E-state index < -0.39 is 5.91 Å². The molecule has 0 saturated heterocycles. The molecule has 2 aromatic carbocycles. The number of rotatable bonds is 11. The lowest BCUT2D eigenvalue weighted by molar-refractivity contribution is -0.117. The van der Waals surface area contributed by atoms with E-state index in [0.717, 1.165) is 5.56 Å². The number of nitriles is 1. The predicted molar refractivity (Wildman–Crippen MR) is 121 cm³/mol. The first-order chi connectivity index (χ1) is 15.0. The highest BCUT2D eigenvalue weighted by atomic mass is 35.5. The number of hydrogen-bond donors (Lipinski definition) is 1. The van der Waals surface area contributed by atoms with Crippen LogP contribution in [0, 0.1) is 11.3 Å². The third kappa shape index (κ3) is 7.80. The highest BCUT2D eigenvalue weighted by Gasteiger charge is 2.11. The summed E-state index contributed by atoms with van der Waals surface area (Å²) in [7, 11) is 1.52. The minimum absolute atomic E-state index is 0.0000717. The lowest BCUT2D eigenvalue weighted by Gasteiger charge is -2.12. The van der Waals surface area contributed by atoms with Crippen molar-refractivity contribution >= 4 is 35.2 Å². The number of nitrogens with zero attached hydrogens (tertiary/aromatic N) is 1. The Labute approximate surface area is 192 Å². The van der Waals surface area contributed by atoms with Crippen LogP contribution in [-0.4, -0.2) is 32.8 Å². The monoisotopic (exact) mass is 462 g/mol.